The van der Waals surface area contributed by atoms with Gasteiger partial charge in [-0.3, -0.25) is 10.1 Å². The van der Waals surface area contributed by atoms with Gasteiger partial charge in [0, 0.05) is 17.7 Å². The number of amides is 3. The maximum absolute atomic E-state index is 12.2. The lowest BCUT2D eigenvalue weighted by atomic mass is 10.1. The van der Waals surface area contributed by atoms with E-state index in [9.17, 15) is 27.6 Å². The lowest BCUT2D eigenvalue weighted by molar-refractivity contribution is -0.140. The van der Waals surface area contributed by atoms with E-state index in [1.807, 2.05) is 0 Å². The molecular weight excluding hydrogens is 281 g/mol. The first-order valence-electron chi connectivity index (χ1n) is 5.57. The molecule has 114 valence electrons. The minimum absolute atomic E-state index is 0.251. The Labute approximate surface area is 113 Å². The summed E-state index contributed by atoms with van der Waals surface area (Å²) in [7, 11) is 0. The van der Waals surface area contributed by atoms with E-state index in [4.69, 9.17) is 5.11 Å². The normalized spacial score (nSPS) is 12.5. The van der Waals surface area contributed by atoms with Crippen molar-refractivity contribution in [3.05, 3.63) is 11.1 Å². The number of nitrogens with zero attached hydrogens (tertiary/aromatic N) is 1. The Morgan fingerprint density at radius 3 is 2.00 bits per heavy atom. The number of aliphatic carboxylic acids is 1. The zero-order valence-corrected chi connectivity index (χ0v) is 11.2. The largest absolute Gasteiger partial charge is 0.478 e. The minimum atomic E-state index is -4.59. The molecule has 0 atom stereocenters. The number of nitrogens with one attached hydrogen (secondary N) is 1. The van der Waals surface area contributed by atoms with E-state index < -0.39 is 30.6 Å². The summed E-state index contributed by atoms with van der Waals surface area (Å²) >= 11 is 0. The van der Waals surface area contributed by atoms with Gasteiger partial charge in [0.1, 0.15) is 6.54 Å². The van der Waals surface area contributed by atoms with Crippen molar-refractivity contribution in [2.75, 3.05) is 13.1 Å². The van der Waals surface area contributed by atoms with Crippen molar-refractivity contribution in [1.29, 1.82) is 0 Å². The standard InChI is InChI=1S/C11H15F3N2O4/c1-4-16(5-11(12,13)14)10(20)15-8(17)6(2)7(3)9(18)19/h4-5H2,1-3H3,(H,18,19)(H,15,17,20). The summed E-state index contributed by atoms with van der Waals surface area (Å²) in [6.07, 6.45) is -4.59. The predicted octanol–water partition coefficient (Wildman–Crippen LogP) is 1.53. The molecule has 0 aliphatic carbocycles. The van der Waals surface area contributed by atoms with Crippen molar-refractivity contribution in [3.63, 3.8) is 0 Å². The Hall–Kier alpha value is -2.06. The molecule has 0 rings (SSSR count). The van der Waals surface area contributed by atoms with Gasteiger partial charge >= 0.3 is 18.2 Å². The lowest BCUT2D eigenvalue weighted by Crippen LogP contribution is -2.47. The lowest BCUT2D eigenvalue weighted by Gasteiger charge is -2.22. The molecule has 0 spiro atoms. The van der Waals surface area contributed by atoms with Gasteiger partial charge in [-0.25, -0.2) is 9.59 Å². The molecule has 0 fully saturated rings. The molecule has 0 aromatic rings. The van der Waals surface area contributed by atoms with Crippen LogP contribution in [-0.2, 0) is 9.59 Å². The number of carbonyl (C=O) groups is 3. The maximum Gasteiger partial charge on any atom is 0.406 e. The first-order chi connectivity index (χ1) is 8.99. The first-order valence-corrected chi connectivity index (χ1v) is 5.57. The highest BCUT2D eigenvalue weighted by atomic mass is 19.4. The fourth-order valence-corrected chi connectivity index (χ4v) is 1.14. The highest BCUT2D eigenvalue weighted by Crippen LogP contribution is 2.16. The fourth-order valence-electron chi connectivity index (χ4n) is 1.14. The molecule has 0 aromatic heterocycles. The molecule has 0 saturated heterocycles. The number of carboxylic acids is 1. The summed E-state index contributed by atoms with van der Waals surface area (Å²) in [6.45, 7) is 1.88. The third-order valence-electron chi connectivity index (χ3n) is 2.48. The van der Waals surface area contributed by atoms with Gasteiger partial charge in [0.05, 0.1) is 0 Å². The molecule has 9 heteroatoms. The molecule has 6 nitrogen and oxygen atoms in total. The molecule has 20 heavy (non-hydrogen) atoms. The van der Waals surface area contributed by atoms with Crippen LogP contribution in [0.3, 0.4) is 0 Å². The number of hydrogen-bond donors (Lipinski definition) is 2. The number of imide groups is 1. The Morgan fingerprint density at radius 1 is 1.15 bits per heavy atom. The third kappa shape index (κ3) is 5.72. The summed E-state index contributed by atoms with van der Waals surface area (Å²) in [5, 5.41) is 10.4. The topological polar surface area (TPSA) is 86.7 Å². The zero-order chi connectivity index (χ0) is 16.1. The molecule has 0 unspecified atom stereocenters. The highest BCUT2D eigenvalue weighted by molar-refractivity contribution is 6.07. The highest BCUT2D eigenvalue weighted by Gasteiger charge is 2.33. The van der Waals surface area contributed by atoms with E-state index in [1.54, 1.807) is 5.32 Å². The monoisotopic (exact) mass is 296 g/mol. The smallest absolute Gasteiger partial charge is 0.406 e. The summed E-state index contributed by atoms with van der Waals surface area (Å²) in [5.41, 5.74) is -0.553. The molecule has 0 bridgehead atoms. The van der Waals surface area contributed by atoms with Crippen LogP contribution in [0.1, 0.15) is 20.8 Å². The molecule has 0 aromatic carbocycles. The van der Waals surface area contributed by atoms with Crippen molar-refractivity contribution in [3.8, 4) is 0 Å². The van der Waals surface area contributed by atoms with Crippen LogP contribution in [0.4, 0.5) is 18.0 Å². The summed E-state index contributed by atoms with van der Waals surface area (Å²) in [5.74, 6) is -2.40. The van der Waals surface area contributed by atoms with E-state index in [1.165, 1.54) is 6.92 Å². The Bertz CT molecular complexity index is 443. The number of halogens is 3. The zero-order valence-electron chi connectivity index (χ0n) is 11.2. The molecular formula is C11H15F3N2O4. The number of alkyl halides is 3. The fraction of sp³-hybridized carbons (Fsp3) is 0.545. The molecule has 0 aliphatic rings. The van der Waals surface area contributed by atoms with Crippen LogP contribution in [0.2, 0.25) is 0 Å². The third-order valence-corrected chi connectivity index (χ3v) is 2.48. The second kappa shape index (κ2) is 6.92. The summed E-state index contributed by atoms with van der Waals surface area (Å²) in [4.78, 5) is 34.0. The van der Waals surface area contributed by atoms with Crippen LogP contribution < -0.4 is 5.32 Å². The van der Waals surface area contributed by atoms with E-state index in [-0.39, 0.29) is 17.7 Å². The van der Waals surface area contributed by atoms with Crippen LogP contribution in [0.15, 0.2) is 11.1 Å². The van der Waals surface area contributed by atoms with Crippen LogP contribution >= 0.6 is 0 Å². The van der Waals surface area contributed by atoms with Gasteiger partial charge in [0.2, 0.25) is 0 Å². The van der Waals surface area contributed by atoms with Crippen LogP contribution in [0.25, 0.3) is 0 Å². The summed E-state index contributed by atoms with van der Waals surface area (Å²) in [6, 6.07) is -1.23. The number of rotatable bonds is 4. The van der Waals surface area contributed by atoms with Gasteiger partial charge in [-0.15, -0.1) is 0 Å². The van der Waals surface area contributed by atoms with E-state index in [0.717, 1.165) is 13.8 Å². The van der Waals surface area contributed by atoms with E-state index in [2.05, 4.69) is 0 Å². The Balaban J connectivity index is 4.87. The van der Waals surface area contributed by atoms with E-state index in [0.29, 0.717) is 4.90 Å². The number of hydrogen-bond acceptors (Lipinski definition) is 3. The molecule has 0 aliphatic heterocycles. The van der Waals surface area contributed by atoms with Gasteiger partial charge in [-0.1, -0.05) is 0 Å². The minimum Gasteiger partial charge on any atom is -0.478 e. The van der Waals surface area contributed by atoms with Gasteiger partial charge < -0.3 is 10.0 Å². The van der Waals surface area contributed by atoms with Gasteiger partial charge in [0.15, 0.2) is 0 Å². The van der Waals surface area contributed by atoms with Gasteiger partial charge in [-0.2, -0.15) is 13.2 Å². The first kappa shape index (κ1) is 17.9. The van der Waals surface area contributed by atoms with Crippen molar-refractivity contribution in [1.82, 2.24) is 10.2 Å². The van der Waals surface area contributed by atoms with Crippen molar-refractivity contribution >= 4 is 17.9 Å². The Kier molecular flexibility index (Phi) is 6.21. The van der Waals surface area contributed by atoms with Gasteiger partial charge in [-0.05, 0) is 20.8 Å². The quantitative estimate of drug-likeness (QED) is 0.770. The SMILES string of the molecule is CCN(CC(F)(F)F)C(=O)NC(=O)C(C)=C(C)C(=O)O. The van der Waals surface area contributed by atoms with E-state index >= 15 is 0 Å². The van der Waals surface area contributed by atoms with Crippen LogP contribution in [-0.4, -0.2) is 47.2 Å². The van der Waals surface area contributed by atoms with Crippen LogP contribution in [0.5, 0.6) is 0 Å². The van der Waals surface area contributed by atoms with Crippen molar-refractivity contribution in [2.24, 2.45) is 0 Å². The van der Waals surface area contributed by atoms with Crippen molar-refractivity contribution in [2.45, 2.75) is 26.9 Å². The number of carboxylic acid groups (broad SMARTS) is 1. The Morgan fingerprint density at radius 2 is 1.65 bits per heavy atom. The number of carbonyl (C=O) groups excluding carboxylic acids is 2. The average Bonchev–Trinajstić information content (AvgIpc) is 2.32. The van der Waals surface area contributed by atoms with Gasteiger partial charge in [0.25, 0.3) is 5.91 Å². The van der Waals surface area contributed by atoms with Crippen molar-refractivity contribution < 1.29 is 32.7 Å². The molecule has 0 heterocycles. The maximum atomic E-state index is 12.2. The predicted molar refractivity (Wildman–Crippen MR) is 62.9 cm³/mol. The summed E-state index contributed by atoms with van der Waals surface area (Å²) < 4.78 is 36.6. The molecule has 2 N–H and O–H groups in total. The second-order valence-electron chi connectivity index (χ2n) is 3.94. The average molecular weight is 296 g/mol. The molecule has 0 radical (unpaired) electrons. The second-order valence-corrected chi connectivity index (χ2v) is 3.94. The molecule has 0 saturated carbocycles. The number of urea groups is 1. The molecule has 3 amide bonds. The van der Waals surface area contributed by atoms with Crippen LogP contribution in [0, 0.1) is 0 Å².